The van der Waals surface area contributed by atoms with Crippen LogP contribution in [0.3, 0.4) is 0 Å². The zero-order chi connectivity index (χ0) is 13.0. The maximum Gasteiger partial charge on any atom is 0.125 e. The highest BCUT2D eigenvalue weighted by Gasteiger charge is 2.21. The third-order valence-electron chi connectivity index (χ3n) is 3.85. The predicted octanol–water partition coefficient (Wildman–Crippen LogP) is 4.09. The molecule has 2 rings (SSSR count). The van der Waals surface area contributed by atoms with Crippen LogP contribution in [-0.4, -0.2) is 11.2 Å². The van der Waals surface area contributed by atoms with Gasteiger partial charge >= 0.3 is 0 Å². The summed E-state index contributed by atoms with van der Waals surface area (Å²) in [6.07, 6.45) is 5.48. The van der Waals surface area contributed by atoms with Crippen molar-refractivity contribution < 1.29 is 9.84 Å². The van der Waals surface area contributed by atoms with Gasteiger partial charge in [0.2, 0.25) is 0 Å². The monoisotopic (exact) mass is 248 g/mol. The molecule has 0 aromatic heterocycles. The molecule has 0 heterocycles. The standard InChI is InChI=1S/C16H24O2/c1-3-15(17)14-9-4-5-10-16(14)18-13-8-6-7-12(2)11-13/h4-5,9-10,12-13,15,17H,3,6-8,11H2,1-2H3. The lowest BCUT2D eigenvalue weighted by Crippen LogP contribution is -2.24. The second kappa shape index (κ2) is 6.24. The van der Waals surface area contributed by atoms with Crippen molar-refractivity contribution in [2.75, 3.05) is 0 Å². The number of hydrogen-bond acceptors (Lipinski definition) is 2. The highest BCUT2D eigenvalue weighted by Crippen LogP contribution is 2.32. The largest absolute Gasteiger partial charge is 0.490 e. The summed E-state index contributed by atoms with van der Waals surface area (Å²) in [5, 5.41) is 10.0. The molecule has 18 heavy (non-hydrogen) atoms. The maximum absolute atomic E-state index is 10.0. The summed E-state index contributed by atoms with van der Waals surface area (Å²) in [7, 11) is 0. The molecule has 0 amide bonds. The molecule has 3 unspecified atom stereocenters. The van der Waals surface area contributed by atoms with Crippen molar-refractivity contribution in [3.05, 3.63) is 29.8 Å². The Bertz CT molecular complexity index is 375. The normalized spacial score (nSPS) is 25.7. The molecule has 1 saturated carbocycles. The van der Waals surface area contributed by atoms with Crippen LogP contribution in [0, 0.1) is 5.92 Å². The zero-order valence-corrected chi connectivity index (χ0v) is 11.4. The summed E-state index contributed by atoms with van der Waals surface area (Å²) < 4.78 is 6.12. The molecule has 1 aliphatic rings. The summed E-state index contributed by atoms with van der Waals surface area (Å²) in [6.45, 7) is 4.28. The van der Waals surface area contributed by atoms with Crippen molar-refractivity contribution in [2.45, 2.75) is 58.2 Å². The van der Waals surface area contributed by atoms with E-state index in [1.807, 2.05) is 31.2 Å². The highest BCUT2D eigenvalue weighted by molar-refractivity contribution is 5.35. The van der Waals surface area contributed by atoms with Crippen molar-refractivity contribution >= 4 is 0 Å². The first kappa shape index (κ1) is 13.4. The van der Waals surface area contributed by atoms with Crippen LogP contribution >= 0.6 is 0 Å². The van der Waals surface area contributed by atoms with Gasteiger partial charge in [-0.3, -0.25) is 0 Å². The summed E-state index contributed by atoms with van der Waals surface area (Å²) in [5.74, 6) is 1.62. The molecule has 100 valence electrons. The van der Waals surface area contributed by atoms with Crippen molar-refractivity contribution in [1.29, 1.82) is 0 Å². The van der Waals surface area contributed by atoms with E-state index in [4.69, 9.17) is 4.74 Å². The number of benzene rings is 1. The van der Waals surface area contributed by atoms with Gasteiger partial charge in [0.05, 0.1) is 12.2 Å². The molecule has 3 atom stereocenters. The van der Waals surface area contributed by atoms with Gasteiger partial charge in [-0.25, -0.2) is 0 Å². The van der Waals surface area contributed by atoms with E-state index in [2.05, 4.69) is 6.92 Å². The molecule has 1 N–H and O–H groups in total. The van der Waals surface area contributed by atoms with Crippen LogP contribution in [0.15, 0.2) is 24.3 Å². The molecule has 1 aliphatic carbocycles. The molecule has 1 aromatic rings. The van der Waals surface area contributed by atoms with Crippen molar-refractivity contribution in [1.82, 2.24) is 0 Å². The van der Waals surface area contributed by atoms with Gasteiger partial charge in [0.25, 0.3) is 0 Å². The van der Waals surface area contributed by atoms with Crippen molar-refractivity contribution in [3.8, 4) is 5.75 Å². The van der Waals surface area contributed by atoms with Crippen LogP contribution in [0.25, 0.3) is 0 Å². The van der Waals surface area contributed by atoms with Gasteiger partial charge in [0.1, 0.15) is 5.75 Å². The minimum atomic E-state index is -0.415. The molecular weight excluding hydrogens is 224 g/mol. The Balaban J connectivity index is 2.08. The van der Waals surface area contributed by atoms with E-state index in [0.29, 0.717) is 6.10 Å². The van der Waals surface area contributed by atoms with E-state index < -0.39 is 6.10 Å². The second-order valence-electron chi connectivity index (χ2n) is 5.47. The van der Waals surface area contributed by atoms with Gasteiger partial charge in [0.15, 0.2) is 0 Å². The van der Waals surface area contributed by atoms with Gasteiger partial charge in [-0.05, 0) is 37.7 Å². The zero-order valence-electron chi connectivity index (χ0n) is 11.4. The average Bonchev–Trinajstić information content (AvgIpc) is 2.38. The molecule has 1 fully saturated rings. The van der Waals surface area contributed by atoms with E-state index in [9.17, 15) is 5.11 Å². The predicted molar refractivity (Wildman–Crippen MR) is 73.7 cm³/mol. The number of rotatable bonds is 4. The smallest absolute Gasteiger partial charge is 0.125 e. The molecule has 0 radical (unpaired) electrons. The van der Waals surface area contributed by atoms with Crippen LogP contribution < -0.4 is 4.74 Å². The fraction of sp³-hybridized carbons (Fsp3) is 0.625. The van der Waals surface area contributed by atoms with Crippen LogP contribution in [0.5, 0.6) is 5.75 Å². The van der Waals surface area contributed by atoms with Crippen LogP contribution in [0.2, 0.25) is 0 Å². The fourth-order valence-corrected chi connectivity index (χ4v) is 2.75. The number of aliphatic hydroxyl groups excluding tert-OH is 1. The average molecular weight is 248 g/mol. The minimum absolute atomic E-state index is 0.318. The van der Waals surface area contributed by atoms with Gasteiger partial charge in [-0.15, -0.1) is 0 Å². The Morgan fingerprint density at radius 2 is 2.11 bits per heavy atom. The highest BCUT2D eigenvalue weighted by atomic mass is 16.5. The van der Waals surface area contributed by atoms with E-state index in [1.165, 1.54) is 12.8 Å². The van der Waals surface area contributed by atoms with Gasteiger partial charge in [-0.1, -0.05) is 38.5 Å². The molecule has 0 saturated heterocycles. The Hall–Kier alpha value is -1.02. The van der Waals surface area contributed by atoms with E-state index >= 15 is 0 Å². The van der Waals surface area contributed by atoms with Crippen molar-refractivity contribution in [2.24, 2.45) is 5.92 Å². The maximum atomic E-state index is 10.0. The Morgan fingerprint density at radius 1 is 1.33 bits per heavy atom. The number of ether oxygens (including phenoxy) is 1. The minimum Gasteiger partial charge on any atom is -0.490 e. The Labute approximate surface area is 110 Å². The lowest BCUT2D eigenvalue weighted by molar-refractivity contribution is 0.118. The Morgan fingerprint density at radius 3 is 2.83 bits per heavy atom. The lowest BCUT2D eigenvalue weighted by Gasteiger charge is -2.28. The molecule has 0 aliphatic heterocycles. The molecule has 2 heteroatoms. The van der Waals surface area contributed by atoms with Crippen molar-refractivity contribution in [3.63, 3.8) is 0 Å². The van der Waals surface area contributed by atoms with Gasteiger partial charge in [-0.2, -0.15) is 0 Å². The van der Waals surface area contributed by atoms with E-state index in [0.717, 1.165) is 36.5 Å². The summed E-state index contributed by atoms with van der Waals surface area (Å²) in [6, 6.07) is 7.89. The first-order valence-electron chi connectivity index (χ1n) is 7.14. The molecule has 1 aromatic carbocycles. The van der Waals surface area contributed by atoms with Gasteiger partial charge in [0, 0.05) is 5.56 Å². The fourth-order valence-electron chi connectivity index (χ4n) is 2.75. The first-order valence-corrected chi connectivity index (χ1v) is 7.14. The molecular formula is C16H24O2. The van der Waals surface area contributed by atoms with Crippen LogP contribution in [0.4, 0.5) is 0 Å². The summed E-state index contributed by atoms with van der Waals surface area (Å²) in [5.41, 5.74) is 0.929. The molecule has 0 bridgehead atoms. The molecule has 2 nitrogen and oxygen atoms in total. The van der Waals surface area contributed by atoms with Crippen LogP contribution in [0.1, 0.15) is 57.6 Å². The SMILES string of the molecule is CCC(O)c1ccccc1OC1CCCC(C)C1. The quantitative estimate of drug-likeness (QED) is 0.869. The van der Waals surface area contributed by atoms with Gasteiger partial charge < -0.3 is 9.84 Å². The summed E-state index contributed by atoms with van der Waals surface area (Å²) >= 11 is 0. The number of aliphatic hydroxyl groups is 1. The first-order chi connectivity index (χ1) is 8.70. The van der Waals surface area contributed by atoms with E-state index in [1.54, 1.807) is 0 Å². The summed E-state index contributed by atoms with van der Waals surface area (Å²) in [4.78, 5) is 0. The molecule has 0 spiro atoms. The topological polar surface area (TPSA) is 29.5 Å². The second-order valence-corrected chi connectivity index (χ2v) is 5.47. The number of hydrogen-bond donors (Lipinski definition) is 1. The Kier molecular flexibility index (Phi) is 4.65. The lowest BCUT2D eigenvalue weighted by atomic mass is 9.88. The van der Waals surface area contributed by atoms with Crippen LogP contribution in [-0.2, 0) is 0 Å². The third-order valence-corrected chi connectivity index (χ3v) is 3.85. The number of para-hydroxylation sites is 1. The third kappa shape index (κ3) is 3.26. The van der Waals surface area contributed by atoms with E-state index in [-0.39, 0.29) is 0 Å².